The average Bonchev–Trinajstić information content (AvgIpc) is 2.71. The van der Waals surface area contributed by atoms with Crippen LogP contribution >= 0.6 is 0 Å². The third-order valence-corrected chi connectivity index (χ3v) is 3.09. The van der Waals surface area contributed by atoms with E-state index in [-0.39, 0.29) is 0 Å². The van der Waals surface area contributed by atoms with Crippen LogP contribution in [0.5, 0.6) is 0 Å². The van der Waals surface area contributed by atoms with E-state index in [0.29, 0.717) is 11.0 Å². The number of hydrogen-bond acceptors (Lipinski definition) is 1. The molecule has 0 unspecified atom stereocenters. The molecule has 0 saturated carbocycles. The smallest absolute Gasteiger partial charge is 0.161 e. The molecule has 1 heterocycles. The highest BCUT2D eigenvalue weighted by molar-refractivity contribution is 5.75. The molecule has 2 nitrogen and oxygen atoms in total. The third-order valence-electron chi connectivity index (χ3n) is 3.09. The first-order valence-electron chi connectivity index (χ1n) is 6.54. The summed E-state index contributed by atoms with van der Waals surface area (Å²) >= 11 is 0. The van der Waals surface area contributed by atoms with Crippen molar-refractivity contribution in [2.24, 2.45) is 0 Å². The van der Waals surface area contributed by atoms with Crippen molar-refractivity contribution >= 4 is 11.0 Å². The largest absolute Gasteiger partial charge is 0.342 e. The Morgan fingerprint density at radius 3 is 2.56 bits per heavy atom. The van der Waals surface area contributed by atoms with E-state index in [2.05, 4.69) is 16.9 Å². The van der Waals surface area contributed by atoms with E-state index in [1.807, 2.05) is 0 Å². The predicted molar refractivity (Wildman–Crippen MR) is 68.5 cm³/mol. The molecule has 2 rings (SSSR count). The molecular weight excluding hydrogens is 234 g/mol. The Balaban J connectivity index is 1.97. The molecule has 0 spiro atoms. The highest BCUT2D eigenvalue weighted by atomic mass is 19.2. The zero-order valence-electron chi connectivity index (χ0n) is 10.6. The molecule has 1 N–H and O–H groups in total. The number of hydrogen-bond donors (Lipinski definition) is 1. The van der Waals surface area contributed by atoms with Gasteiger partial charge in [0.25, 0.3) is 0 Å². The molecule has 0 aliphatic carbocycles. The Morgan fingerprint density at radius 1 is 1.06 bits per heavy atom. The van der Waals surface area contributed by atoms with Gasteiger partial charge >= 0.3 is 0 Å². The molecule has 2 aromatic rings. The Kier molecular flexibility index (Phi) is 4.28. The maximum Gasteiger partial charge on any atom is 0.161 e. The Bertz CT molecular complexity index is 481. The van der Waals surface area contributed by atoms with Gasteiger partial charge in [0.15, 0.2) is 11.6 Å². The van der Waals surface area contributed by atoms with E-state index >= 15 is 0 Å². The lowest BCUT2D eigenvalue weighted by molar-refractivity contribution is 0.510. The minimum atomic E-state index is -0.844. The van der Waals surface area contributed by atoms with Gasteiger partial charge in [-0.2, -0.15) is 0 Å². The van der Waals surface area contributed by atoms with Crippen LogP contribution in [0, 0.1) is 11.6 Å². The van der Waals surface area contributed by atoms with Crippen molar-refractivity contribution < 1.29 is 8.78 Å². The van der Waals surface area contributed by atoms with Crippen LogP contribution < -0.4 is 0 Å². The fourth-order valence-corrected chi connectivity index (χ4v) is 2.07. The lowest BCUT2D eigenvalue weighted by Crippen LogP contribution is -1.88. The standard InChI is InChI=1S/C14H18F2N2/c1-2-3-4-5-6-7-14-17-12-8-10(15)11(16)9-13(12)18-14/h8-9H,2-7H2,1H3,(H,17,18). The second-order valence-electron chi connectivity index (χ2n) is 4.63. The predicted octanol–water partition coefficient (Wildman–Crippen LogP) is 4.35. The highest BCUT2D eigenvalue weighted by Gasteiger charge is 2.08. The van der Waals surface area contributed by atoms with Crippen molar-refractivity contribution in [2.45, 2.75) is 45.4 Å². The van der Waals surface area contributed by atoms with Crippen LogP contribution in [0.1, 0.15) is 44.9 Å². The summed E-state index contributed by atoms with van der Waals surface area (Å²) in [6, 6.07) is 2.31. The summed E-state index contributed by atoms with van der Waals surface area (Å²) in [6.07, 6.45) is 6.79. The summed E-state index contributed by atoms with van der Waals surface area (Å²) in [4.78, 5) is 7.31. The summed E-state index contributed by atoms with van der Waals surface area (Å²) < 4.78 is 26.0. The van der Waals surface area contributed by atoms with Gasteiger partial charge in [0.1, 0.15) is 5.82 Å². The zero-order valence-corrected chi connectivity index (χ0v) is 10.6. The second kappa shape index (κ2) is 5.94. The summed E-state index contributed by atoms with van der Waals surface area (Å²) in [5, 5.41) is 0. The Morgan fingerprint density at radius 2 is 1.78 bits per heavy atom. The van der Waals surface area contributed by atoms with Gasteiger partial charge in [0.2, 0.25) is 0 Å². The van der Waals surface area contributed by atoms with Gasteiger partial charge in [-0.15, -0.1) is 0 Å². The van der Waals surface area contributed by atoms with Crippen molar-refractivity contribution in [3.8, 4) is 0 Å². The molecule has 0 amide bonds. The van der Waals surface area contributed by atoms with E-state index in [1.54, 1.807) is 0 Å². The molecular formula is C14H18F2N2. The van der Waals surface area contributed by atoms with Crippen molar-refractivity contribution in [3.05, 3.63) is 29.6 Å². The SMILES string of the molecule is CCCCCCCc1nc2cc(F)c(F)cc2[nH]1. The first-order chi connectivity index (χ1) is 8.70. The molecule has 4 heteroatoms. The van der Waals surface area contributed by atoms with Crippen LogP contribution in [-0.2, 0) is 6.42 Å². The van der Waals surface area contributed by atoms with Gasteiger partial charge in [-0.05, 0) is 6.42 Å². The molecule has 0 aliphatic rings. The van der Waals surface area contributed by atoms with Crippen molar-refractivity contribution in [3.63, 3.8) is 0 Å². The fourth-order valence-electron chi connectivity index (χ4n) is 2.07. The molecule has 0 fully saturated rings. The first kappa shape index (κ1) is 13.0. The van der Waals surface area contributed by atoms with Gasteiger partial charge in [0.05, 0.1) is 11.0 Å². The summed E-state index contributed by atoms with van der Waals surface area (Å²) in [7, 11) is 0. The molecule has 0 bridgehead atoms. The number of unbranched alkanes of at least 4 members (excludes halogenated alkanes) is 4. The van der Waals surface area contributed by atoms with Crippen molar-refractivity contribution in [1.29, 1.82) is 0 Å². The molecule has 1 aromatic heterocycles. The van der Waals surface area contributed by atoms with Gasteiger partial charge < -0.3 is 4.98 Å². The van der Waals surface area contributed by atoms with E-state index in [4.69, 9.17) is 0 Å². The molecule has 18 heavy (non-hydrogen) atoms. The number of rotatable bonds is 6. The van der Waals surface area contributed by atoms with Crippen LogP contribution in [0.4, 0.5) is 8.78 Å². The zero-order chi connectivity index (χ0) is 13.0. The number of nitrogens with zero attached hydrogens (tertiary/aromatic N) is 1. The third kappa shape index (κ3) is 3.06. The quantitative estimate of drug-likeness (QED) is 0.760. The number of halogens is 2. The minimum Gasteiger partial charge on any atom is -0.342 e. The molecule has 1 aromatic carbocycles. The summed E-state index contributed by atoms with van der Waals surface area (Å²) in [5.41, 5.74) is 1.06. The minimum absolute atomic E-state index is 0.498. The average molecular weight is 252 g/mol. The van der Waals surface area contributed by atoms with Crippen molar-refractivity contribution in [1.82, 2.24) is 9.97 Å². The van der Waals surface area contributed by atoms with Crippen molar-refractivity contribution in [2.75, 3.05) is 0 Å². The van der Waals surface area contributed by atoms with E-state index < -0.39 is 11.6 Å². The number of nitrogens with one attached hydrogen (secondary N) is 1. The molecule has 98 valence electrons. The fraction of sp³-hybridized carbons (Fsp3) is 0.500. The Hall–Kier alpha value is -1.45. The number of H-pyrrole nitrogens is 1. The van der Waals surface area contributed by atoms with Gasteiger partial charge in [0, 0.05) is 18.6 Å². The van der Waals surface area contributed by atoms with Crippen LogP contribution in [-0.4, -0.2) is 9.97 Å². The number of benzene rings is 1. The lowest BCUT2D eigenvalue weighted by Gasteiger charge is -1.97. The van der Waals surface area contributed by atoms with Crippen LogP contribution in [0.2, 0.25) is 0 Å². The van der Waals surface area contributed by atoms with E-state index in [9.17, 15) is 8.78 Å². The second-order valence-corrected chi connectivity index (χ2v) is 4.63. The number of imidazole rings is 1. The molecule has 0 atom stereocenters. The number of aryl methyl sites for hydroxylation is 1. The van der Waals surface area contributed by atoms with Gasteiger partial charge in [-0.1, -0.05) is 32.6 Å². The van der Waals surface area contributed by atoms with Gasteiger partial charge in [-0.25, -0.2) is 13.8 Å². The van der Waals surface area contributed by atoms with Gasteiger partial charge in [-0.3, -0.25) is 0 Å². The van der Waals surface area contributed by atoms with E-state index in [0.717, 1.165) is 30.8 Å². The number of fused-ring (bicyclic) bond motifs is 1. The number of aromatic nitrogens is 2. The highest BCUT2D eigenvalue weighted by Crippen LogP contribution is 2.17. The molecule has 0 saturated heterocycles. The monoisotopic (exact) mass is 252 g/mol. The number of aromatic amines is 1. The van der Waals surface area contributed by atoms with Crippen LogP contribution in [0.3, 0.4) is 0 Å². The molecule has 0 radical (unpaired) electrons. The van der Waals surface area contributed by atoms with Crippen LogP contribution in [0.25, 0.3) is 11.0 Å². The van der Waals surface area contributed by atoms with Crippen LogP contribution in [0.15, 0.2) is 12.1 Å². The normalized spacial score (nSPS) is 11.3. The van der Waals surface area contributed by atoms with E-state index in [1.165, 1.54) is 25.7 Å². The summed E-state index contributed by atoms with van der Waals surface area (Å²) in [5.74, 6) is -0.865. The molecule has 0 aliphatic heterocycles. The topological polar surface area (TPSA) is 28.7 Å². The maximum absolute atomic E-state index is 13.0. The summed E-state index contributed by atoms with van der Waals surface area (Å²) in [6.45, 7) is 2.18. The lowest BCUT2D eigenvalue weighted by atomic mass is 10.1. The maximum atomic E-state index is 13.0. The first-order valence-corrected chi connectivity index (χ1v) is 6.54. The Labute approximate surface area is 105 Å².